The lowest BCUT2D eigenvalue weighted by Crippen LogP contribution is -2.44. The lowest BCUT2D eigenvalue weighted by Gasteiger charge is -2.30. The third-order valence-electron chi connectivity index (χ3n) is 6.30. The van der Waals surface area contributed by atoms with Gasteiger partial charge in [0.05, 0.1) is 6.61 Å². The minimum absolute atomic E-state index is 0.0761. The molecule has 1 fully saturated rings. The second-order valence-corrected chi connectivity index (χ2v) is 7.80. The minimum atomic E-state index is -0.241. The van der Waals surface area contributed by atoms with Gasteiger partial charge in [-0.3, -0.25) is 4.90 Å². The number of aliphatic hydroxyl groups is 1. The quantitative estimate of drug-likeness (QED) is 0.865. The summed E-state index contributed by atoms with van der Waals surface area (Å²) >= 11 is 0. The number of hydrogen-bond donors (Lipinski definition) is 1. The standard InChI is InChI=1S/C23H28N2O3/c1-16-22(24(2)13-14-26)11-12-25(16)23(27)28-15-21-19-9-5-3-7-17(19)18-8-4-6-10-20(18)21/h3-10,16,21-22,26H,11-15H2,1-2H3/t16-,22-/m1/s1. The van der Waals surface area contributed by atoms with Crippen LogP contribution in [0.25, 0.3) is 11.1 Å². The van der Waals surface area contributed by atoms with Crippen molar-refractivity contribution in [2.45, 2.75) is 31.3 Å². The molecule has 28 heavy (non-hydrogen) atoms. The first-order chi connectivity index (χ1) is 13.6. The fraction of sp³-hybridized carbons (Fsp3) is 0.435. The molecule has 2 aliphatic rings. The van der Waals surface area contributed by atoms with E-state index in [0.29, 0.717) is 19.7 Å². The number of carbonyl (C=O) groups is 1. The Morgan fingerprint density at radius 1 is 1.14 bits per heavy atom. The number of aliphatic hydroxyl groups excluding tert-OH is 1. The zero-order valence-corrected chi connectivity index (χ0v) is 16.5. The third-order valence-corrected chi connectivity index (χ3v) is 6.30. The molecular weight excluding hydrogens is 352 g/mol. The van der Waals surface area contributed by atoms with Gasteiger partial charge in [0, 0.05) is 31.1 Å². The molecule has 1 amide bonds. The molecule has 0 unspecified atom stereocenters. The Bertz CT molecular complexity index is 808. The highest BCUT2D eigenvalue weighted by Crippen LogP contribution is 2.44. The smallest absolute Gasteiger partial charge is 0.410 e. The minimum Gasteiger partial charge on any atom is -0.448 e. The second-order valence-electron chi connectivity index (χ2n) is 7.80. The van der Waals surface area contributed by atoms with Crippen LogP contribution in [0.4, 0.5) is 4.79 Å². The molecule has 0 spiro atoms. The van der Waals surface area contributed by atoms with Crippen molar-refractivity contribution in [2.75, 3.05) is 33.4 Å². The van der Waals surface area contributed by atoms with Gasteiger partial charge in [-0.05, 0) is 42.6 Å². The van der Waals surface area contributed by atoms with Gasteiger partial charge < -0.3 is 14.7 Å². The number of amides is 1. The molecule has 2 aromatic carbocycles. The van der Waals surface area contributed by atoms with E-state index in [4.69, 9.17) is 4.74 Å². The molecule has 0 saturated carbocycles. The summed E-state index contributed by atoms with van der Waals surface area (Å²) in [5.74, 6) is 0.0853. The van der Waals surface area contributed by atoms with Gasteiger partial charge in [-0.25, -0.2) is 4.79 Å². The maximum absolute atomic E-state index is 12.8. The van der Waals surface area contributed by atoms with Crippen LogP contribution in [0.5, 0.6) is 0 Å². The molecule has 2 atom stereocenters. The van der Waals surface area contributed by atoms with Gasteiger partial charge in [0.2, 0.25) is 0 Å². The van der Waals surface area contributed by atoms with Crippen molar-refractivity contribution >= 4 is 6.09 Å². The Hall–Kier alpha value is -2.37. The number of rotatable bonds is 5. The Kier molecular flexibility index (Phi) is 5.38. The van der Waals surface area contributed by atoms with Crippen LogP contribution in [0.15, 0.2) is 48.5 Å². The molecule has 0 bridgehead atoms. The second kappa shape index (κ2) is 7.94. The lowest BCUT2D eigenvalue weighted by atomic mass is 9.98. The Balaban J connectivity index is 1.45. The van der Waals surface area contributed by atoms with Crippen LogP contribution >= 0.6 is 0 Å². The van der Waals surface area contributed by atoms with Crippen molar-refractivity contribution in [2.24, 2.45) is 0 Å². The molecule has 5 nitrogen and oxygen atoms in total. The molecule has 1 N–H and O–H groups in total. The van der Waals surface area contributed by atoms with Crippen LogP contribution in [-0.4, -0.2) is 66.4 Å². The maximum atomic E-state index is 12.8. The van der Waals surface area contributed by atoms with Gasteiger partial charge >= 0.3 is 6.09 Å². The van der Waals surface area contributed by atoms with Crippen molar-refractivity contribution in [1.82, 2.24) is 9.80 Å². The zero-order valence-electron chi connectivity index (χ0n) is 16.5. The fourth-order valence-corrected chi connectivity index (χ4v) is 4.77. The number of carbonyl (C=O) groups excluding carboxylic acids is 1. The number of likely N-dealkylation sites (N-methyl/N-ethyl adjacent to an activating group) is 1. The molecule has 1 aliphatic carbocycles. The van der Waals surface area contributed by atoms with E-state index in [-0.39, 0.29) is 30.7 Å². The number of likely N-dealkylation sites (tertiary alicyclic amines) is 1. The monoisotopic (exact) mass is 380 g/mol. The van der Waals surface area contributed by atoms with Crippen molar-refractivity contribution in [3.63, 3.8) is 0 Å². The average molecular weight is 380 g/mol. The lowest BCUT2D eigenvalue weighted by molar-refractivity contribution is 0.0879. The van der Waals surface area contributed by atoms with E-state index >= 15 is 0 Å². The predicted molar refractivity (Wildman–Crippen MR) is 109 cm³/mol. The molecule has 1 aliphatic heterocycles. The number of ether oxygens (including phenoxy) is 1. The molecule has 5 heteroatoms. The highest BCUT2D eigenvalue weighted by Gasteiger charge is 2.37. The Labute approximate surface area is 166 Å². The molecule has 148 valence electrons. The summed E-state index contributed by atoms with van der Waals surface area (Å²) in [6.45, 7) is 3.86. The van der Waals surface area contributed by atoms with Gasteiger partial charge in [-0.15, -0.1) is 0 Å². The van der Waals surface area contributed by atoms with Gasteiger partial charge in [0.1, 0.15) is 6.61 Å². The first kappa shape index (κ1) is 19.0. The molecule has 0 radical (unpaired) electrons. The van der Waals surface area contributed by atoms with Crippen LogP contribution in [0.1, 0.15) is 30.4 Å². The number of nitrogens with zero attached hydrogens (tertiary/aromatic N) is 2. The van der Waals surface area contributed by atoms with E-state index in [1.54, 1.807) is 0 Å². The number of hydrogen-bond acceptors (Lipinski definition) is 4. The van der Waals surface area contributed by atoms with Crippen LogP contribution in [0, 0.1) is 0 Å². The zero-order chi connectivity index (χ0) is 19.7. The van der Waals surface area contributed by atoms with Crippen molar-refractivity contribution in [3.05, 3.63) is 59.7 Å². The van der Waals surface area contributed by atoms with E-state index in [2.05, 4.69) is 48.2 Å². The Morgan fingerprint density at radius 3 is 2.36 bits per heavy atom. The molecule has 0 aromatic heterocycles. The third kappa shape index (κ3) is 3.29. The van der Waals surface area contributed by atoms with E-state index < -0.39 is 0 Å². The van der Waals surface area contributed by atoms with Crippen LogP contribution < -0.4 is 0 Å². The van der Waals surface area contributed by atoms with Crippen molar-refractivity contribution in [1.29, 1.82) is 0 Å². The summed E-state index contributed by atoms with van der Waals surface area (Å²) < 4.78 is 5.80. The van der Waals surface area contributed by atoms with E-state index in [9.17, 15) is 9.90 Å². The van der Waals surface area contributed by atoms with E-state index in [1.165, 1.54) is 22.3 Å². The van der Waals surface area contributed by atoms with Gasteiger partial charge in [-0.2, -0.15) is 0 Å². The van der Waals surface area contributed by atoms with Crippen LogP contribution in [0.2, 0.25) is 0 Å². The first-order valence-corrected chi connectivity index (χ1v) is 10.0. The molecule has 2 aromatic rings. The van der Waals surface area contributed by atoms with Crippen molar-refractivity contribution in [3.8, 4) is 11.1 Å². The van der Waals surface area contributed by atoms with Crippen LogP contribution in [0.3, 0.4) is 0 Å². The fourth-order valence-electron chi connectivity index (χ4n) is 4.77. The molecule has 4 rings (SSSR count). The summed E-state index contributed by atoms with van der Waals surface area (Å²) in [6.07, 6.45) is 0.663. The molecular formula is C23H28N2O3. The van der Waals surface area contributed by atoms with E-state index in [1.807, 2.05) is 24.1 Å². The first-order valence-electron chi connectivity index (χ1n) is 10.0. The van der Waals surface area contributed by atoms with Crippen molar-refractivity contribution < 1.29 is 14.6 Å². The maximum Gasteiger partial charge on any atom is 0.410 e. The highest BCUT2D eigenvalue weighted by atomic mass is 16.6. The molecule has 1 saturated heterocycles. The topological polar surface area (TPSA) is 53.0 Å². The normalized spacial score (nSPS) is 21.1. The summed E-state index contributed by atoms with van der Waals surface area (Å²) in [4.78, 5) is 16.7. The summed E-state index contributed by atoms with van der Waals surface area (Å²) in [7, 11) is 2.00. The predicted octanol–water partition coefficient (Wildman–Crippen LogP) is 3.32. The van der Waals surface area contributed by atoms with E-state index in [0.717, 1.165) is 6.42 Å². The highest BCUT2D eigenvalue weighted by molar-refractivity contribution is 5.79. The molecule has 1 heterocycles. The average Bonchev–Trinajstić information content (AvgIpc) is 3.25. The summed E-state index contributed by atoms with van der Waals surface area (Å²) in [5.41, 5.74) is 4.93. The van der Waals surface area contributed by atoms with Gasteiger partial charge in [0.15, 0.2) is 0 Å². The van der Waals surface area contributed by atoms with Gasteiger partial charge in [-0.1, -0.05) is 48.5 Å². The number of fused-ring (bicyclic) bond motifs is 3. The number of benzene rings is 2. The summed E-state index contributed by atoms with van der Waals surface area (Å²) in [6, 6.07) is 17.1. The van der Waals surface area contributed by atoms with Crippen LogP contribution in [-0.2, 0) is 4.74 Å². The SMILES string of the molecule is C[C@@H]1[C@H](N(C)CCO)CCN1C(=O)OCC1c2ccccc2-c2ccccc21. The summed E-state index contributed by atoms with van der Waals surface area (Å²) in [5, 5.41) is 9.18. The Morgan fingerprint density at radius 2 is 1.75 bits per heavy atom. The van der Waals surface area contributed by atoms with Gasteiger partial charge in [0.25, 0.3) is 0 Å². The largest absolute Gasteiger partial charge is 0.448 e.